The molecule has 0 saturated carbocycles. The maximum absolute atomic E-state index is 10.6. The van der Waals surface area contributed by atoms with Gasteiger partial charge in [0.05, 0.1) is 20.3 Å². The Bertz CT molecular complexity index is 1050. The highest BCUT2D eigenvalue weighted by Crippen LogP contribution is 2.29. The number of rotatable bonds is 6. The summed E-state index contributed by atoms with van der Waals surface area (Å²) in [5.74, 6) is -4.59. The van der Waals surface area contributed by atoms with E-state index < -0.39 is 24.3 Å². The van der Waals surface area contributed by atoms with E-state index in [1.54, 1.807) is 7.11 Å². The number of likely N-dealkylation sites (tertiary alicyclic amines) is 1. The molecular weight excluding hydrogens is 562 g/mol. The zero-order chi connectivity index (χ0) is 30.6. The van der Waals surface area contributed by atoms with Gasteiger partial charge < -0.3 is 19.7 Å². The highest BCUT2D eigenvalue weighted by Gasteiger charge is 2.39. The molecule has 14 heteroatoms. The van der Waals surface area contributed by atoms with Crippen LogP contribution in [0.2, 0.25) is 0 Å². The van der Waals surface area contributed by atoms with Crippen molar-refractivity contribution in [2.75, 3.05) is 40.0 Å². The van der Waals surface area contributed by atoms with E-state index in [1.807, 2.05) is 0 Å². The van der Waals surface area contributed by atoms with Gasteiger partial charge in [0, 0.05) is 38.3 Å². The fraction of sp³-hybridized carbons (Fsp3) is 0.481. The Hall–Kier alpha value is -3.36. The Kier molecular flexibility index (Phi) is 12.9. The van der Waals surface area contributed by atoms with Crippen LogP contribution in [0.25, 0.3) is 0 Å². The average molecular weight is 595 g/mol. The topological polar surface area (TPSA) is 99.5 Å². The molecule has 2 aromatic rings. The van der Waals surface area contributed by atoms with Crippen molar-refractivity contribution >= 4 is 11.9 Å². The molecule has 2 aliphatic rings. The molecule has 0 bridgehead atoms. The molecule has 2 saturated heterocycles. The molecule has 228 valence electrons. The predicted octanol–water partition coefficient (Wildman–Crippen LogP) is 4.48. The first-order chi connectivity index (χ1) is 19.2. The molecule has 2 fully saturated rings. The Morgan fingerprint density at radius 2 is 1.37 bits per heavy atom. The third-order valence-corrected chi connectivity index (χ3v) is 6.46. The van der Waals surface area contributed by atoms with E-state index in [-0.39, 0.29) is 0 Å². The zero-order valence-electron chi connectivity index (χ0n) is 22.2. The van der Waals surface area contributed by atoms with Gasteiger partial charge in [-0.3, -0.25) is 9.80 Å². The number of methoxy groups -OCH3 is 1. The van der Waals surface area contributed by atoms with Crippen LogP contribution in [0.4, 0.5) is 26.3 Å². The van der Waals surface area contributed by atoms with Gasteiger partial charge in [0.25, 0.3) is 0 Å². The zero-order valence-corrected chi connectivity index (χ0v) is 22.2. The number of carboxylic acid groups (broad SMARTS) is 2. The molecule has 0 unspecified atom stereocenters. The van der Waals surface area contributed by atoms with Gasteiger partial charge in [0.15, 0.2) is 0 Å². The van der Waals surface area contributed by atoms with Gasteiger partial charge in [-0.2, -0.15) is 26.3 Å². The van der Waals surface area contributed by atoms with E-state index in [4.69, 9.17) is 29.3 Å². The summed E-state index contributed by atoms with van der Waals surface area (Å²) in [5, 5.41) is 14.2. The number of carboxylic acids is 2. The lowest BCUT2D eigenvalue weighted by molar-refractivity contribution is -0.193. The first-order valence-corrected chi connectivity index (χ1v) is 12.5. The Balaban J connectivity index is 0.000000349. The molecule has 2 atom stereocenters. The normalized spacial score (nSPS) is 19.8. The van der Waals surface area contributed by atoms with Crippen molar-refractivity contribution in [2.24, 2.45) is 0 Å². The molecule has 0 spiro atoms. The standard InChI is InChI=1S/C23H30N2O2.2C2HF3O2/c1-26-21-9-7-20(8-10-21)18-25-12-11-22(24-13-15-27-16-14-24)23(25)17-19-5-3-2-4-6-19;2*3-2(4,5)1(6)7/h2-10,22-23H,11-18H2,1H3;2*(H,6,7)/t22-,23+;;/m1../s1. The van der Waals surface area contributed by atoms with Crippen molar-refractivity contribution in [3.8, 4) is 5.75 Å². The van der Waals surface area contributed by atoms with Crippen LogP contribution in [0, 0.1) is 0 Å². The lowest BCUT2D eigenvalue weighted by Gasteiger charge is -2.37. The molecule has 8 nitrogen and oxygen atoms in total. The average Bonchev–Trinajstić information content (AvgIpc) is 3.31. The minimum absolute atomic E-state index is 0.549. The van der Waals surface area contributed by atoms with Crippen LogP contribution >= 0.6 is 0 Å². The Morgan fingerprint density at radius 3 is 1.83 bits per heavy atom. The molecule has 2 aromatic carbocycles. The fourth-order valence-electron chi connectivity index (χ4n) is 4.52. The fourth-order valence-corrected chi connectivity index (χ4v) is 4.52. The molecule has 0 radical (unpaired) electrons. The highest BCUT2D eigenvalue weighted by molar-refractivity contribution is 5.73. The second kappa shape index (κ2) is 15.6. The van der Waals surface area contributed by atoms with Crippen LogP contribution in [-0.2, 0) is 27.3 Å². The first kappa shape index (κ1) is 33.8. The number of alkyl halides is 6. The van der Waals surface area contributed by atoms with Crippen molar-refractivity contribution in [1.82, 2.24) is 9.80 Å². The van der Waals surface area contributed by atoms with Gasteiger partial charge in [-0.05, 0) is 36.1 Å². The van der Waals surface area contributed by atoms with E-state index in [0.717, 1.165) is 51.6 Å². The van der Waals surface area contributed by atoms with Gasteiger partial charge in [-0.15, -0.1) is 0 Å². The van der Waals surface area contributed by atoms with Gasteiger partial charge in [-0.25, -0.2) is 9.59 Å². The Morgan fingerprint density at radius 1 is 0.854 bits per heavy atom. The number of ether oxygens (including phenoxy) is 2. The minimum atomic E-state index is -5.08. The lowest BCUT2D eigenvalue weighted by atomic mass is 9.98. The molecule has 0 amide bonds. The third-order valence-electron chi connectivity index (χ3n) is 6.46. The van der Waals surface area contributed by atoms with Crippen LogP contribution in [0.1, 0.15) is 17.5 Å². The summed E-state index contributed by atoms with van der Waals surface area (Å²) in [6.45, 7) is 6.02. The molecule has 41 heavy (non-hydrogen) atoms. The molecule has 0 aliphatic carbocycles. The molecule has 2 N–H and O–H groups in total. The number of hydrogen-bond acceptors (Lipinski definition) is 6. The highest BCUT2D eigenvalue weighted by atomic mass is 19.4. The number of morpholine rings is 1. The molecule has 2 heterocycles. The van der Waals surface area contributed by atoms with Crippen LogP contribution in [0.15, 0.2) is 54.6 Å². The van der Waals surface area contributed by atoms with Crippen molar-refractivity contribution < 1.29 is 55.6 Å². The summed E-state index contributed by atoms with van der Waals surface area (Å²) < 4.78 is 74.4. The van der Waals surface area contributed by atoms with Crippen LogP contribution in [0.3, 0.4) is 0 Å². The Labute approximate surface area is 233 Å². The number of halogens is 6. The second-order valence-electron chi connectivity index (χ2n) is 9.19. The minimum Gasteiger partial charge on any atom is -0.497 e. The van der Waals surface area contributed by atoms with Crippen molar-refractivity contribution in [1.29, 1.82) is 0 Å². The van der Waals surface area contributed by atoms with E-state index in [0.29, 0.717) is 12.1 Å². The van der Waals surface area contributed by atoms with E-state index in [1.165, 1.54) is 17.5 Å². The summed E-state index contributed by atoms with van der Waals surface area (Å²) in [7, 11) is 1.72. The monoisotopic (exact) mass is 594 g/mol. The van der Waals surface area contributed by atoms with E-state index in [2.05, 4.69) is 64.4 Å². The molecule has 4 rings (SSSR count). The predicted molar refractivity (Wildman–Crippen MR) is 136 cm³/mol. The number of benzene rings is 2. The van der Waals surface area contributed by atoms with Crippen molar-refractivity contribution in [2.45, 2.75) is 43.8 Å². The SMILES string of the molecule is COc1ccc(CN2CC[C@@H](N3CCOCC3)[C@@H]2Cc2ccccc2)cc1.O=C(O)C(F)(F)F.O=C(O)C(F)(F)F. The maximum atomic E-state index is 10.6. The maximum Gasteiger partial charge on any atom is 0.490 e. The van der Waals surface area contributed by atoms with Crippen molar-refractivity contribution in [3.05, 3.63) is 65.7 Å². The molecule has 2 aliphatic heterocycles. The third kappa shape index (κ3) is 11.6. The van der Waals surface area contributed by atoms with Crippen LogP contribution < -0.4 is 4.74 Å². The molecular formula is C27H32F6N2O6. The summed E-state index contributed by atoms with van der Waals surface area (Å²) in [6.07, 6.45) is -7.81. The number of aliphatic carboxylic acids is 2. The number of nitrogens with zero attached hydrogens (tertiary/aromatic N) is 2. The van der Waals surface area contributed by atoms with Gasteiger partial charge in [0.2, 0.25) is 0 Å². The van der Waals surface area contributed by atoms with Gasteiger partial charge in [-0.1, -0.05) is 42.5 Å². The summed E-state index contributed by atoms with van der Waals surface area (Å²) in [4.78, 5) is 23.1. The van der Waals surface area contributed by atoms with E-state index in [9.17, 15) is 26.3 Å². The van der Waals surface area contributed by atoms with Crippen LogP contribution in [-0.4, -0.2) is 96.3 Å². The largest absolute Gasteiger partial charge is 0.497 e. The second-order valence-corrected chi connectivity index (χ2v) is 9.19. The van der Waals surface area contributed by atoms with Crippen LogP contribution in [0.5, 0.6) is 5.75 Å². The molecule has 0 aromatic heterocycles. The summed E-state index contributed by atoms with van der Waals surface area (Å²) >= 11 is 0. The number of hydrogen-bond donors (Lipinski definition) is 2. The summed E-state index contributed by atoms with van der Waals surface area (Å²) in [5.41, 5.74) is 2.79. The summed E-state index contributed by atoms with van der Waals surface area (Å²) in [6, 6.07) is 20.6. The van der Waals surface area contributed by atoms with Crippen molar-refractivity contribution in [3.63, 3.8) is 0 Å². The van der Waals surface area contributed by atoms with Gasteiger partial charge >= 0.3 is 24.3 Å². The van der Waals surface area contributed by atoms with Gasteiger partial charge in [0.1, 0.15) is 5.75 Å². The lowest BCUT2D eigenvalue weighted by Crippen LogP contribution is -2.50. The first-order valence-electron chi connectivity index (χ1n) is 12.5. The van der Waals surface area contributed by atoms with E-state index >= 15 is 0 Å². The quantitative estimate of drug-likeness (QED) is 0.473. The smallest absolute Gasteiger partial charge is 0.490 e. The number of carbonyl (C=O) groups is 2.